The van der Waals surface area contributed by atoms with Gasteiger partial charge in [-0.3, -0.25) is 4.79 Å². The van der Waals surface area contributed by atoms with E-state index >= 15 is 0 Å². The van der Waals surface area contributed by atoms with Gasteiger partial charge in [0, 0.05) is 0 Å². The Bertz CT molecular complexity index is 1150. The molecule has 0 unspecified atom stereocenters. The van der Waals surface area contributed by atoms with E-state index in [9.17, 15) is 13.2 Å². The number of carbonyl (C=O) groups is 1. The molecule has 0 fully saturated rings. The van der Waals surface area contributed by atoms with Gasteiger partial charge in [-0.15, -0.1) is 0 Å². The molecular weight excluding hydrogens is 471 g/mol. The summed E-state index contributed by atoms with van der Waals surface area (Å²) in [6.07, 6.45) is 0.130. The predicted octanol–water partition coefficient (Wildman–Crippen LogP) is 4.92. The Balaban J connectivity index is 1.87. The van der Waals surface area contributed by atoms with Crippen LogP contribution in [-0.4, -0.2) is 27.0 Å². The molecule has 1 amide bonds. The summed E-state index contributed by atoms with van der Waals surface area (Å²) < 4.78 is 33.9. The molecule has 32 heavy (non-hydrogen) atoms. The van der Waals surface area contributed by atoms with Gasteiger partial charge in [0.05, 0.1) is 27.2 Å². The van der Waals surface area contributed by atoms with Crippen LogP contribution in [0.2, 0.25) is 10.0 Å². The van der Waals surface area contributed by atoms with Gasteiger partial charge in [-0.05, 0) is 55.3 Å². The monoisotopic (exact) mass is 492 g/mol. The molecule has 3 rings (SSSR count). The van der Waals surface area contributed by atoms with E-state index in [1.807, 2.05) is 37.3 Å². The molecule has 2 N–H and O–H groups in total. The van der Waals surface area contributed by atoms with E-state index in [0.717, 1.165) is 5.56 Å². The predicted molar refractivity (Wildman–Crippen MR) is 127 cm³/mol. The van der Waals surface area contributed by atoms with Crippen LogP contribution in [0.3, 0.4) is 0 Å². The summed E-state index contributed by atoms with van der Waals surface area (Å²) in [5.41, 5.74) is 1.01. The van der Waals surface area contributed by atoms with Crippen molar-refractivity contribution >= 4 is 44.8 Å². The molecule has 168 valence electrons. The maximum atomic E-state index is 13.1. The van der Waals surface area contributed by atoms with Crippen LogP contribution in [-0.2, 0) is 21.2 Å². The van der Waals surface area contributed by atoms with Crippen LogP contribution in [0.5, 0.6) is 5.75 Å². The van der Waals surface area contributed by atoms with Gasteiger partial charge in [0.25, 0.3) is 0 Å². The van der Waals surface area contributed by atoms with Gasteiger partial charge in [-0.1, -0.05) is 59.6 Å². The van der Waals surface area contributed by atoms with Crippen molar-refractivity contribution in [1.29, 1.82) is 0 Å². The minimum absolute atomic E-state index is 0.0163. The highest BCUT2D eigenvalue weighted by atomic mass is 35.5. The largest absolute Gasteiger partial charge is 0.494 e. The Morgan fingerprint density at radius 3 is 2.16 bits per heavy atom. The molecule has 3 aromatic carbocycles. The van der Waals surface area contributed by atoms with E-state index in [2.05, 4.69) is 10.0 Å². The second-order valence-electron chi connectivity index (χ2n) is 6.85. The van der Waals surface area contributed by atoms with E-state index in [0.29, 0.717) is 12.4 Å². The number of sulfonamides is 1. The first kappa shape index (κ1) is 24.1. The van der Waals surface area contributed by atoms with Crippen molar-refractivity contribution in [3.8, 4) is 5.75 Å². The first-order valence-electron chi connectivity index (χ1n) is 9.84. The zero-order chi connectivity index (χ0) is 23.1. The van der Waals surface area contributed by atoms with Crippen molar-refractivity contribution < 1.29 is 17.9 Å². The molecule has 0 bridgehead atoms. The first-order valence-corrected chi connectivity index (χ1v) is 12.1. The van der Waals surface area contributed by atoms with Gasteiger partial charge < -0.3 is 10.1 Å². The molecule has 9 heteroatoms. The molecular formula is C23H22Cl2N2O4S. The minimum Gasteiger partial charge on any atom is -0.494 e. The number of hydrogen-bond acceptors (Lipinski definition) is 4. The molecule has 0 heterocycles. The lowest BCUT2D eigenvalue weighted by molar-refractivity contribution is -0.117. The van der Waals surface area contributed by atoms with Crippen molar-refractivity contribution in [2.45, 2.75) is 24.3 Å². The molecule has 0 saturated carbocycles. The number of para-hydroxylation sites is 1. The third-order valence-electron chi connectivity index (χ3n) is 4.55. The summed E-state index contributed by atoms with van der Waals surface area (Å²) in [6.45, 7) is 2.30. The molecule has 0 aliphatic heterocycles. The van der Waals surface area contributed by atoms with Crippen molar-refractivity contribution in [2.24, 2.45) is 0 Å². The second kappa shape index (κ2) is 10.8. The Hall–Kier alpha value is -2.58. The minimum atomic E-state index is -4.00. The first-order chi connectivity index (χ1) is 15.3. The highest BCUT2D eigenvalue weighted by Gasteiger charge is 2.27. The number of halogens is 2. The number of nitrogens with one attached hydrogen (secondary N) is 2. The molecule has 0 aliphatic carbocycles. The van der Waals surface area contributed by atoms with E-state index in [1.54, 1.807) is 30.3 Å². The molecule has 0 aromatic heterocycles. The van der Waals surface area contributed by atoms with Crippen LogP contribution in [0.1, 0.15) is 12.5 Å². The smallest absolute Gasteiger partial charge is 0.242 e. The second-order valence-corrected chi connectivity index (χ2v) is 9.38. The van der Waals surface area contributed by atoms with Crippen molar-refractivity contribution in [3.05, 3.63) is 88.4 Å². The van der Waals surface area contributed by atoms with Gasteiger partial charge >= 0.3 is 0 Å². The van der Waals surface area contributed by atoms with Gasteiger partial charge in [0.1, 0.15) is 11.8 Å². The van der Waals surface area contributed by atoms with Crippen LogP contribution in [0.25, 0.3) is 0 Å². The summed E-state index contributed by atoms with van der Waals surface area (Å²) in [7, 11) is -4.00. The fourth-order valence-corrected chi connectivity index (χ4v) is 4.69. The standard InChI is InChI=1S/C23H22Cl2N2O4S/c1-2-31-17-11-13-18(14-12-17)32(29,30)27-21(15-16-7-4-3-5-8-16)23(28)26-22-19(24)9-6-10-20(22)25/h3-14,21,27H,2,15H2,1H3,(H,26,28)/t21-/m0/s1. The highest BCUT2D eigenvalue weighted by Crippen LogP contribution is 2.30. The number of ether oxygens (including phenoxy) is 1. The molecule has 0 saturated heterocycles. The van der Waals surface area contributed by atoms with Crippen LogP contribution in [0.4, 0.5) is 5.69 Å². The molecule has 3 aromatic rings. The Morgan fingerprint density at radius 1 is 0.938 bits per heavy atom. The highest BCUT2D eigenvalue weighted by molar-refractivity contribution is 7.89. The van der Waals surface area contributed by atoms with Crippen molar-refractivity contribution in [3.63, 3.8) is 0 Å². The van der Waals surface area contributed by atoms with Crippen molar-refractivity contribution in [1.82, 2.24) is 4.72 Å². The van der Waals surface area contributed by atoms with E-state index < -0.39 is 22.0 Å². The third kappa shape index (κ3) is 6.23. The van der Waals surface area contributed by atoms with Gasteiger partial charge in [-0.2, -0.15) is 4.72 Å². The topological polar surface area (TPSA) is 84.5 Å². The number of anilines is 1. The fraction of sp³-hybridized carbons (Fsp3) is 0.174. The lowest BCUT2D eigenvalue weighted by Gasteiger charge is -2.20. The number of rotatable bonds is 9. The number of benzene rings is 3. The lowest BCUT2D eigenvalue weighted by Crippen LogP contribution is -2.45. The lowest BCUT2D eigenvalue weighted by atomic mass is 10.1. The van der Waals surface area contributed by atoms with Gasteiger partial charge in [0.15, 0.2) is 0 Å². The molecule has 6 nitrogen and oxygen atoms in total. The zero-order valence-electron chi connectivity index (χ0n) is 17.2. The normalized spacial score (nSPS) is 12.2. The van der Waals surface area contributed by atoms with E-state index in [1.165, 1.54) is 12.1 Å². The number of hydrogen-bond donors (Lipinski definition) is 2. The molecule has 1 atom stereocenters. The average Bonchev–Trinajstić information content (AvgIpc) is 2.77. The molecule has 0 aliphatic rings. The summed E-state index contributed by atoms with van der Waals surface area (Å²) in [5, 5.41) is 3.15. The fourth-order valence-electron chi connectivity index (χ4n) is 3.00. The van der Waals surface area contributed by atoms with Gasteiger partial charge in [0.2, 0.25) is 15.9 Å². The zero-order valence-corrected chi connectivity index (χ0v) is 19.5. The SMILES string of the molecule is CCOc1ccc(S(=O)(=O)N[C@@H](Cc2ccccc2)C(=O)Nc2c(Cl)cccc2Cl)cc1. The van der Waals surface area contributed by atoms with Gasteiger partial charge in [-0.25, -0.2) is 8.42 Å². The van der Waals surface area contributed by atoms with Crippen LogP contribution in [0, 0.1) is 0 Å². The third-order valence-corrected chi connectivity index (χ3v) is 6.67. The maximum Gasteiger partial charge on any atom is 0.242 e. The molecule has 0 spiro atoms. The maximum absolute atomic E-state index is 13.1. The summed E-state index contributed by atoms with van der Waals surface area (Å²) >= 11 is 12.3. The number of carbonyl (C=O) groups excluding carboxylic acids is 1. The quantitative estimate of drug-likeness (QED) is 0.443. The van der Waals surface area contributed by atoms with Crippen LogP contribution in [0.15, 0.2) is 77.7 Å². The Morgan fingerprint density at radius 2 is 1.56 bits per heavy atom. The van der Waals surface area contributed by atoms with Crippen LogP contribution >= 0.6 is 23.2 Å². The Kier molecular flexibility index (Phi) is 8.15. The summed E-state index contributed by atoms with van der Waals surface area (Å²) in [4.78, 5) is 13.1. The van der Waals surface area contributed by atoms with E-state index in [-0.39, 0.29) is 27.0 Å². The molecule has 0 radical (unpaired) electrons. The summed E-state index contributed by atoms with van der Waals surface area (Å²) in [6, 6.07) is 18.8. The van der Waals surface area contributed by atoms with Crippen molar-refractivity contribution in [2.75, 3.05) is 11.9 Å². The van der Waals surface area contributed by atoms with E-state index in [4.69, 9.17) is 27.9 Å². The average molecular weight is 493 g/mol. The number of amides is 1. The summed E-state index contributed by atoms with van der Waals surface area (Å²) in [5.74, 6) is -0.0308. The van der Waals surface area contributed by atoms with Crippen LogP contribution < -0.4 is 14.8 Å². The Labute approximate surface area is 197 Å².